The number of likely N-dealkylation sites (N-methyl/N-ethyl adjacent to an activating group) is 1. The highest BCUT2D eigenvalue weighted by Gasteiger charge is 2.30. The fourth-order valence-corrected chi connectivity index (χ4v) is 4.25. The summed E-state index contributed by atoms with van der Waals surface area (Å²) < 4.78 is 26.9. The van der Waals surface area contributed by atoms with Gasteiger partial charge in [0.15, 0.2) is 0 Å². The summed E-state index contributed by atoms with van der Waals surface area (Å²) in [6.07, 6.45) is 1.62. The number of sulfonamides is 1. The van der Waals surface area contributed by atoms with E-state index in [9.17, 15) is 18.5 Å². The molecule has 1 aliphatic rings. The molecule has 1 aromatic carbocycles. The zero-order chi connectivity index (χ0) is 18.6. The van der Waals surface area contributed by atoms with E-state index >= 15 is 0 Å². The van der Waals surface area contributed by atoms with Gasteiger partial charge in [0.25, 0.3) is 5.69 Å². The zero-order valence-electron chi connectivity index (χ0n) is 14.9. The number of nitrogens with one attached hydrogen (secondary N) is 1. The minimum atomic E-state index is -3.70. The fraction of sp³-hybridized carbons (Fsp3) is 0.625. The van der Waals surface area contributed by atoms with Crippen LogP contribution in [0, 0.1) is 16.0 Å². The van der Waals surface area contributed by atoms with Gasteiger partial charge in [0.05, 0.1) is 9.82 Å². The molecule has 1 aromatic rings. The molecule has 1 saturated heterocycles. The second-order valence-electron chi connectivity index (χ2n) is 6.75. The van der Waals surface area contributed by atoms with Gasteiger partial charge in [-0.1, -0.05) is 6.92 Å². The SMILES string of the molecule is CC1CCN(S(=O)(=O)c2ccc(NCCN(C)C)c([N+](=O)[O-])c2)CC1. The van der Waals surface area contributed by atoms with Crippen LogP contribution in [0.5, 0.6) is 0 Å². The third-order valence-electron chi connectivity index (χ3n) is 4.42. The maximum atomic E-state index is 12.8. The molecular weight excluding hydrogens is 344 g/mol. The second-order valence-corrected chi connectivity index (χ2v) is 8.69. The summed E-state index contributed by atoms with van der Waals surface area (Å²) in [6, 6.07) is 4.08. The van der Waals surface area contributed by atoms with E-state index in [-0.39, 0.29) is 10.6 Å². The number of hydrogen-bond acceptors (Lipinski definition) is 6. The number of benzene rings is 1. The Kier molecular flexibility index (Phi) is 6.36. The first-order chi connectivity index (χ1) is 11.7. The van der Waals surface area contributed by atoms with E-state index in [1.54, 1.807) is 0 Å². The van der Waals surface area contributed by atoms with E-state index in [1.165, 1.54) is 16.4 Å². The van der Waals surface area contributed by atoms with Crippen LogP contribution in [-0.4, -0.2) is 62.8 Å². The van der Waals surface area contributed by atoms with Gasteiger partial charge in [-0.2, -0.15) is 4.31 Å². The van der Waals surface area contributed by atoms with E-state index in [0.717, 1.165) is 18.9 Å². The van der Waals surface area contributed by atoms with Crippen molar-refractivity contribution in [3.05, 3.63) is 28.3 Å². The number of piperidine rings is 1. The molecule has 1 N–H and O–H groups in total. The van der Waals surface area contributed by atoms with Gasteiger partial charge in [-0.25, -0.2) is 8.42 Å². The molecule has 1 fully saturated rings. The lowest BCUT2D eigenvalue weighted by atomic mass is 10.0. The molecule has 9 heteroatoms. The van der Waals surface area contributed by atoms with Crippen molar-refractivity contribution in [2.45, 2.75) is 24.7 Å². The molecular formula is C16H26N4O4S. The Morgan fingerprint density at radius 3 is 2.52 bits per heavy atom. The third kappa shape index (κ3) is 4.90. The van der Waals surface area contributed by atoms with Crippen LogP contribution in [-0.2, 0) is 10.0 Å². The molecule has 0 aliphatic carbocycles. The monoisotopic (exact) mass is 370 g/mol. The predicted octanol–water partition coefficient (Wildman–Crippen LogP) is 1.99. The Hall–Kier alpha value is -1.71. The van der Waals surface area contributed by atoms with E-state index in [0.29, 0.717) is 37.8 Å². The maximum absolute atomic E-state index is 12.8. The Bertz CT molecular complexity index is 713. The van der Waals surface area contributed by atoms with Gasteiger partial charge in [-0.05, 0) is 45.0 Å². The van der Waals surface area contributed by atoms with Crippen molar-refractivity contribution in [3.8, 4) is 0 Å². The quantitative estimate of drug-likeness (QED) is 0.582. The van der Waals surface area contributed by atoms with Gasteiger partial charge in [-0.15, -0.1) is 0 Å². The minimum Gasteiger partial charge on any atom is -0.378 e. The highest BCUT2D eigenvalue weighted by atomic mass is 32.2. The first-order valence-corrected chi connectivity index (χ1v) is 9.83. The van der Waals surface area contributed by atoms with E-state index in [1.807, 2.05) is 19.0 Å². The molecule has 0 bridgehead atoms. The Labute approximate surface area is 149 Å². The van der Waals surface area contributed by atoms with Gasteiger partial charge in [-0.3, -0.25) is 10.1 Å². The average Bonchev–Trinajstić information content (AvgIpc) is 2.54. The summed E-state index contributed by atoms with van der Waals surface area (Å²) in [4.78, 5) is 12.7. The number of hydrogen-bond donors (Lipinski definition) is 1. The van der Waals surface area contributed by atoms with Crippen LogP contribution in [0.4, 0.5) is 11.4 Å². The summed E-state index contributed by atoms with van der Waals surface area (Å²) >= 11 is 0. The Morgan fingerprint density at radius 2 is 1.96 bits per heavy atom. The molecule has 25 heavy (non-hydrogen) atoms. The van der Waals surface area contributed by atoms with Crippen molar-refractivity contribution in [3.63, 3.8) is 0 Å². The third-order valence-corrected chi connectivity index (χ3v) is 6.32. The lowest BCUT2D eigenvalue weighted by Crippen LogP contribution is -2.37. The number of nitrogens with zero attached hydrogens (tertiary/aromatic N) is 3. The maximum Gasteiger partial charge on any atom is 0.293 e. The first-order valence-electron chi connectivity index (χ1n) is 8.39. The first kappa shape index (κ1) is 19.6. The van der Waals surface area contributed by atoms with Crippen molar-refractivity contribution >= 4 is 21.4 Å². The Morgan fingerprint density at radius 1 is 1.32 bits per heavy atom. The van der Waals surface area contributed by atoms with Crippen LogP contribution >= 0.6 is 0 Å². The molecule has 0 saturated carbocycles. The van der Waals surface area contributed by atoms with Crippen LogP contribution in [0.25, 0.3) is 0 Å². The van der Waals surface area contributed by atoms with Crippen molar-refractivity contribution < 1.29 is 13.3 Å². The lowest BCUT2D eigenvalue weighted by Gasteiger charge is -2.29. The molecule has 8 nitrogen and oxygen atoms in total. The van der Waals surface area contributed by atoms with Crippen LogP contribution in [0.15, 0.2) is 23.1 Å². The van der Waals surface area contributed by atoms with Crippen LogP contribution < -0.4 is 5.32 Å². The number of nitro groups is 1. The number of rotatable bonds is 7. The van der Waals surface area contributed by atoms with Gasteiger partial charge in [0, 0.05) is 32.2 Å². The summed E-state index contributed by atoms with van der Waals surface area (Å²) in [5, 5.41) is 14.4. The largest absolute Gasteiger partial charge is 0.378 e. The fourth-order valence-electron chi connectivity index (χ4n) is 2.76. The standard InChI is InChI=1S/C16H26N4O4S/c1-13-6-9-19(10-7-13)25(23,24)14-4-5-15(16(12-14)20(21)22)17-8-11-18(2)3/h4-5,12-13,17H,6-11H2,1-3H3. The second kappa shape index (κ2) is 8.11. The molecule has 0 radical (unpaired) electrons. The summed E-state index contributed by atoms with van der Waals surface area (Å²) in [6.45, 7) is 4.26. The lowest BCUT2D eigenvalue weighted by molar-refractivity contribution is -0.384. The average molecular weight is 370 g/mol. The van der Waals surface area contributed by atoms with Gasteiger partial charge in [0.2, 0.25) is 10.0 Å². The Balaban J connectivity index is 2.24. The van der Waals surface area contributed by atoms with E-state index in [2.05, 4.69) is 12.2 Å². The predicted molar refractivity (Wildman–Crippen MR) is 97.3 cm³/mol. The number of anilines is 1. The highest BCUT2D eigenvalue weighted by molar-refractivity contribution is 7.89. The topological polar surface area (TPSA) is 95.8 Å². The van der Waals surface area contributed by atoms with Crippen LogP contribution in [0.2, 0.25) is 0 Å². The van der Waals surface area contributed by atoms with Crippen molar-refractivity contribution in [2.24, 2.45) is 5.92 Å². The summed E-state index contributed by atoms with van der Waals surface area (Å²) in [5.41, 5.74) is 0.114. The molecule has 0 unspecified atom stereocenters. The van der Waals surface area contributed by atoms with E-state index < -0.39 is 14.9 Å². The summed E-state index contributed by atoms with van der Waals surface area (Å²) in [7, 11) is 0.117. The normalized spacial score (nSPS) is 17.0. The van der Waals surface area contributed by atoms with Crippen molar-refractivity contribution in [2.75, 3.05) is 45.6 Å². The molecule has 0 atom stereocenters. The summed E-state index contributed by atoms with van der Waals surface area (Å²) in [5.74, 6) is 0.504. The highest BCUT2D eigenvalue weighted by Crippen LogP contribution is 2.30. The van der Waals surface area contributed by atoms with Gasteiger partial charge >= 0.3 is 0 Å². The molecule has 2 rings (SSSR count). The molecule has 0 spiro atoms. The molecule has 1 aliphatic heterocycles. The van der Waals surface area contributed by atoms with E-state index in [4.69, 9.17) is 0 Å². The van der Waals surface area contributed by atoms with Gasteiger partial charge in [0.1, 0.15) is 5.69 Å². The molecule has 1 heterocycles. The molecule has 0 amide bonds. The van der Waals surface area contributed by atoms with Crippen LogP contribution in [0.1, 0.15) is 19.8 Å². The molecule has 140 valence electrons. The molecule has 0 aromatic heterocycles. The van der Waals surface area contributed by atoms with Crippen molar-refractivity contribution in [1.29, 1.82) is 0 Å². The number of nitro benzene ring substituents is 1. The minimum absolute atomic E-state index is 0.0214. The van der Waals surface area contributed by atoms with Crippen LogP contribution in [0.3, 0.4) is 0 Å². The smallest absolute Gasteiger partial charge is 0.293 e. The zero-order valence-corrected chi connectivity index (χ0v) is 15.8. The van der Waals surface area contributed by atoms with Crippen molar-refractivity contribution in [1.82, 2.24) is 9.21 Å². The van der Waals surface area contributed by atoms with Gasteiger partial charge < -0.3 is 10.2 Å².